The van der Waals surface area contributed by atoms with Crippen molar-refractivity contribution in [2.45, 2.75) is 24.4 Å². The lowest BCUT2D eigenvalue weighted by Gasteiger charge is -2.12. The van der Waals surface area contributed by atoms with Crippen LogP contribution in [-0.2, 0) is 21.3 Å². The molecule has 32 heavy (non-hydrogen) atoms. The number of nitrogens with zero attached hydrogens (tertiary/aromatic N) is 1. The number of oxime groups is 1. The molecule has 176 valence electrons. The van der Waals surface area contributed by atoms with E-state index in [-0.39, 0.29) is 23.8 Å². The van der Waals surface area contributed by atoms with Crippen LogP contribution < -0.4 is 4.72 Å². The van der Waals surface area contributed by atoms with E-state index in [0.717, 1.165) is 11.8 Å². The summed E-state index contributed by atoms with van der Waals surface area (Å²) in [6.07, 6.45) is -4.43. The maximum Gasteiger partial charge on any atom is 0.425 e. The maximum atomic E-state index is 12.5. The monoisotopic (exact) mass is 592 g/mol. The van der Waals surface area contributed by atoms with Gasteiger partial charge < -0.3 is 4.84 Å². The molecule has 0 aliphatic carbocycles. The Balaban J connectivity index is 2.29. The number of thioether (sulfide) groups is 1. The molecular weight excluding hydrogens is 576 g/mol. The second kappa shape index (κ2) is 11.9. The van der Waals surface area contributed by atoms with Crippen LogP contribution >= 0.6 is 50.9 Å². The van der Waals surface area contributed by atoms with Crippen LogP contribution in [0.2, 0.25) is 10.0 Å². The molecule has 0 radical (unpaired) electrons. The van der Waals surface area contributed by atoms with Gasteiger partial charge in [0.25, 0.3) is 0 Å². The van der Waals surface area contributed by atoms with E-state index in [0.29, 0.717) is 30.5 Å². The fraction of sp³-hybridized carbons (Fsp3) is 0.316. The van der Waals surface area contributed by atoms with Gasteiger partial charge in [-0.2, -0.15) is 13.2 Å². The summed E-state index contributed by atoms with van der Waals surface area (Å²) in [6, 6.07) is 9.68. The van der Waals surface area contributed by atoms with Crippen molar-refractivity contribution in [2.24, 2.45) is 5.16 Å². The van der Waals surface area contributed by atoms with Crippen LogP contribution in [0.25, 0.3) is 0 Å². The van der Waals surface area contributed by atoms with Gasteiger partial charge in [0, 0.05) is 37.9 Å². The zero-order valence-electron chi connectivity index (χ0n) is 16.5. The fourth-order valence-electron chi connectivity index (χ4n) is 2.48. The van der Waals surface area contributed by atoms with E-state index < -0.39 is 22.8 Å². The number of nitrogens with one attached hydrogen (secondary N) is 1. The molecule has 0 amide bonds. The predicted molar refractivity (Wildman–Crippen MR) is 126 cm³/mol. The lowest BCUT2D eigenvalue weighted by Crippen LogP contribution is -2.24. The molecule has 0 saturated carbocycles. The second-order valence-electron chi connectivity index (χ2n) is 6.40. The van der Waals surface area contributed by atoms with E-state index in [4.69, 9.17) is 23.2 Å². The second-order valence-corrected chi connectivity index (χ2v) is 11.3. The van der Waals surface area contributed by atoms with E-state index >= 15 is 0 Å². The minimum absolute atomic E-state index is 0.103. The SMILES string of the molecule is CCNS(=O)(=O)CSc1ccc(/C(Cc2cc(Cl)cc(Cl)c2)=N/OCC(F)(F)F)cc1Br. The third-order valence-corrected chi connectivity index (χ3v) is 8.16. The van der Waals surface area contributed by atoms with E-state index in [9.17, 15) is 21.6 Å². The summed E-state index contributed by atoms with van der Waals surface area (Å²) in [5.74, 6) is 0. The molecule has 5 nitrogen and oxygen atoms in total. The van der Waals surface area contributed by atoms with E-state index in [1.165, 1.54) is 6.07 Å². The molecule has 2 rings (SSSR count). The molecule has 13 heteroatoms. The Bertz CT molecular complexity index is 1060. The average molecular weight is 594 g/mol. The molecule has 2 aromatic rings. The molecule has 0 atom stereocenters. The third kappa shape index (κ3) is 9.48. The van der Waals surface area contributed by atoms with E-state index in [1.807, 2.05) is 0 Å². The first kappa shape index (κ1) is 27.3. The molecule has 0 unspecified atom stereocenters. The van der Waals surface area contributed by atoms with Gasteiger partial charge in [-0.25, -0.2) is 13.1 Å². The van der Waals surface area contributed by atoms with E-state index in [1.54, 1.807) is 37.3 Å². The van der Waals surface area contributed by atoms with Crippen LogP contribution in [0.1, 0.15) is 18.1 Å². The van der Waals surface area contributed by atoms with Gasteiger partial charge in [0.1, 0.15) is 5.08 Å². The van der Waals surface area contributed by atoms with Crippen LogP contribution in [0.15, 0.2) is 50.9 Å². The smallest absolute Gasteiger partial charge is 0.386 e. The van der Waals surface area contributed by atoms with Crippen LogP contribution in [0.5, 0.6) is 0 Å². The number of halogens is 6. The fourth-order valence-corrected chi connectivity index (χ4v) is 6.03. The third-order valence-electron chi connectivity index (χ3n) is 3.70. The van der Waals surface area contributed by atoms with Crippen molar-refractivity contribution in [3.8, 4) is 0 Å². The summed E-state index contributed by atoms with van der Waals surface area (Å²) >= 11 is 16.5. The maximum absolute atomic E-state index is 12.5. The van der Waals surface area contributed by atoms with Gasteiger partial charge in [0.15, 0.2) is 0 Å². The Morgan fingerprint density at radius 1 is 1.19 bits per heavy atom. The zero-order valence-corrected chi connectivity index (χ0v) is 21.3. The van der Waals surface area contributed by atoms with Gasteiger partial charge in [-0.3, -0.25) is 0 Å². The highest BCUT2D eigenvalue weighted by atomic mass is 79.9. The first-order chi connectivity index (χ1) is 14.9. The van der Waals surface area contributed by atoms with Gasteiger partial charge >= 0.3 is 6.18 Å². The molecule has 1 N–H and O–H groups in total. The minimum Gasteiger partial charge on any atom is -0.386 e. The van der Waals surface area contributed by atoms with Crippen LogP contribution in [0.3, 0.4) is 0 Å². The lowest BCUT2D eigenvalue weighted by atomic mass is 10.0. The minimum atomic E-state index is -4.53. The molecule has 0 aromatic heterocycles. The average Bonchev–Trinajstić information content (AvgIpc) is 2.64. The Labute approximate surface area is 206 Å². The number of alkyl halides is 3. The predicted octanol–water partition coefficient (Wildman–Crippen LogP) is 6.27. The highest BCUT2D eigenvalue weighted by molar-refractivity contribution is 9.10. The summed E-state index contributed by atoms with van der Waals surface area (Å²) in [6.45, 7) is 0.431. The van der Waals surface area contributed by atoms with Gasteiger partial charge in [-0.05, 0) is 51.8 Å². The number of hydrogen-bond donors (Lipinski definition) is 1. The molecule has 0 aliphatic rings. The number of benzene rings is 2. The summed E-state index contributed by atoms with van der Waals surface area (Å²) < 4.78 is 64.2. The Kier molecular flexibility index (Phi) is 10.2. The van der Waals surface area contributed by atoms with Gasteiger partial charge in [0.2, 0.25) is 16.6 Å². The largest absolute Gasteiger partial charge is 0.425 e. The van der Waals surface area contributed by atoms with Crippen molar-refractivity contribution in [1.82, 2.24) is 4.72 Å². The molecule has 0 spiro atoms. The van der Waals surface area contributed by atoms with Crippen molar-refractivity contribution < 1.29 is 26.4 Å². The van der Waals surface area contributed by atoms with Gasteiger partial charge in [0.05, 0.1) is 5.71 Å². The summed E-state index contributed by atoms with van der Waals surface area (Å²) in [5.41, 5.74) is 1.32. The van der Waals surface area contributed by atoms with Crippen molar-refractivity contribution in [3.05, 3.63) is 62.0 Å². The Morgan fingerprint density at radius 3 is 2.41 bits per heavy atom. The molecule has 0 aliphatic heterocycles. The van der Waals surface area contributed by atoms with Gasteiger partial charge in [-0.15, -0.1) is 11.8 Å². The highest BCUT2D eigenvalue weighted by Crippen LogP contribution is 2.30. The number of sulfonamides is 1. The standard InChI is InChI=1S/C19H18BrCl2F3N2O3S2/c1-2-26-32(28,29)11-31-18-4-3-13(8-16(18)20)17(27-30-10-19(23,24)25)7-12-5-14(21)9-15(22)6-12/h3-6,8-9,26H,2,7,10-11H2,1H3/b27-17+. The van der Waals surface area contributed by atoms with Crippen molar-refractivity contribution in [2.75, 3.05) is 18.2 Å². The summed E-state index contributed by atoms with van der Waals surface area (Å²) in [5, 5.41) is 4.25. The molecule has 0 heterocycles. The number of rotatable bonds is 10. The Morgan fingerprint density at radius 2 is 1.84 bits per heavy atom. The van der Waals surface area contributed by atoms with Crippen molar-refractivity contribution in [1.29, 1.82) is 0 Å². The van der Waals surface area contributed by atoms with Crippen LogP contribution in [-0.4, -0.2) is 38.5 Å². The molecule has 2 aromatic carbocycles. The summed E-state index contributed by atoms with van der Waals surface area (Å²) in [7, 11) is -3.43. The molecular formula is C19H18BrCl2F3N2O3S2. The molecule has 0 bridgehead atoms. The topological polar surface area (TPSA) is 67.8 Å². The summed E-state index contributed by atoms with van der Waals surface area (Å²) in [4.78, 5) is 5.16. The zero-order chi connectivity index (χ0) is 23.9. The molecule has 0 fully saturated rings. The van der Waals surface area contributed by atoms with E-state index in [2.05, 4.69) is 30.6 Å². The van der Waals surface area contributed by atoms with Crippen LogP contribution in [0.4, 0.5) is 13.2 Å². The Hall–Kier alpha value is -0.980. The van der Waals surface area contributed by atoms with Gasteiger partial charge in [-0.1, -0.05) is 41.3 Å². The lowest BCUT2D eigenvalue weighted by molar-refractivity contribution is -0.173. The van der Waals surface area contributed by atoms with Crippen molar-refractivity contribution in [3.63, 3.8) is 0 Å². The quantitative estimate of drug-likeness (QED) is 0.200. The van der Waals surface area contributed by atoms with Crippen molar-refractivity contribution >= 4 is 66.6 Å². The first-order valence-corrected chi connectivity index (χ1v) is 13.2. The highest BCUT2D eigenvalue weighted by Gasteiger charge is 2.28. The first-order valence-electron chi connectivity index (χ1n) is 8.99. The van der Waals surface area contributed by atoms with Crippen LogP contribution in [0, 0.1) is 0 Å². The number of hydrogen-bond acceptors (Lipinski definition) is 5. The molecule has 0 saturated heterocycles. The normalized spacial score (nSPS) is 12.8.